The molecule has 1 fully saturated rings. The normalized spacial score (nSPS) is 25.0. The van der Waals surface area contributed by atoms with Crippen molar-refractivity contribution in [1.82, 2.24) is 15.1 Å². The molecule has 0 bridgehead atoms. The van der Waals surface area contributed by atoms with Gasteiger partial charge < -0.3 is 10.2 Å². The van der Waals surface area contributed by atoms with Crippen molar-refractivity contribution in [3.63, 3.8) is 0 Å². The molecule has 1 N–H and O–H groups in total. The Morgan fingerprint density at radius 1 is 1.38 bits per heavy atom. The Hall–Kier alpha value is -0.980. The van der Waals surface area contributed by atoms with Crippen LogP contribution in [0.3, 0.4) is 0 Å². The highest BCUT2D eigenvalue weighted by Crippen LogP contribution is 2.21. The van der Waals surface area contributed by atoms with Crippen LogP contribution in [-0.2, 0) is 0 Å². The van der Waals surface area contributed by atoms with Crippen LogP contribution < -0.4 is 15.9 Å². The topological polar surface area (TPSA) is 30.9 Å². The number of nitrogens with one attached hydrogen (secondary N) is 1. The number of hydrogen-bond donors (Lipinski definition) is 1. The van der Waals surface area contributed by atoms with Crippen LogP contribution in [0.1, 0.15) is 33.6 Å². The highest BCUT2D eigenvalue weighted by molar-refractivity contribution is 9.10. The Kier molecular flexibility index (Phi) is 6.70. The zero-order valence-corrected chi connectivity index (χ0v) is 17.6. The lowest BCUT2D eigenvalue weighted by Gasteiger charge is -2.41. The predicted molar refractivity (Wildman–Crippen MR) is 108 cm³/mol. The van der Waals surface area contributed by atoms with Crippen LogP contribution in [-0.4, -0.2) is 54.7 Å². The summed E-state index contributed by atoms with van der Waals surface area (Å²) in [6.07, 6.45) is 4.41. The van der Waals surface area contributed by atoms with E-state index in [2.05, 4.69) is 58.0 Å². The van der Waals surface area contributed by atoms with E-state index >= 15 is 0 Å². The fourth-order valence-electron chi connectivity index (χ4n) is 4.07. The molecule has 1 saturated heterocycles. The van der Waals surface area contributed by atoms with Crippen molar-refractivity contribution in [1.29, 1.82) is 0 Å². The SMILES string of the molecule is CCC[C@@H](C1N=c2cc(F)c(Br)cc2=CN1CC)N1CCNC[C@H](C)C1. The third kappa shape index (κ3) is 4.29. The quantitative estimate of drug-likeness (QED) is 0.786. The average Bonchev–Trinajstić information content (AvgIpc) is 2.84. The summed E-state index contributed by atoms with van der Waals surface area (Å²) in [7, 11) is 0. The largest absolute Gasteiger partial charge is 0.354 e. The summed E-state index contributed by atoms with van der Waals surface area (Å²) in [5.41, 5.74) is 0. The zero-order chi connectivity index (χ0) is 18.7. The first-order valence-electron chi connectivity index (χ1n) is 9.78. The van der Waals surface area contributed by atoms with Crippen molar-refractivity contribution >= 4 is 22.1 Å². The number of fused-ring (bicyclic) bond motifs is 1. The first kappa shape index (κ1) is 19.8. The summed E-state index contributed by atoms with van der Waals surface area (Å²) in [5.74, 6) is 0.379. The molecule has 3 atom stereocenters. The van der Waals surface area contributed by atoms with Crippen LogP contribution in [0.2, 0.25) is 0 Å². The van der Waals surface area contributed by atoms with Gasteiger partial charge in [-0.2, -0.15) is 0 Å². The molecule has 0 saturated carbocycles. The summed E-state index contributed by atoms with van der Waals surface area (Å²) < 4.78 is 14.6. The molecule has 144 valence electrons. The fourth-order valence-corrected chi connectivity index (χ4v) is 4.43. The number of likely N-dealkylation sites (N-methyl/N-ethyl adjacent to an activating group) is 1. The third-order valence-electron chi connectivity index (χ3n) is 5.36. The molecule has 2 aliphatic heterocycles. The molecule has 0 radical (unpaired) electrons. The lowest BCUT2D eigenvalue weighted by Crippen LogP contribution is -2.54. The lowest BCUT2D eigenvalue weighted by molar-refractivity contribution is 0.103. The first-order valence-corrected chi connectivity index (χ1v) is 10.6. The smallest absolute Gasteiger partial charge is 0.139 e. The van der Waals surface area contributed by atoms with Crippen molar-refractivity contribution in [2.24, 2.45) is 10.9 Å². The summed E-state index contributed by atoms with van der Waals surface area (Å²) in [6.45, 7) is 11.8. The molecule has 1 unspecified atom stereocenters. The van der Waals surface area contributed by atoms with Crippen molar-refractivity contribution in [3.05, 3.63) is 33.0 Å². The molecule has 3 rings (SSSR count). The summed E-state index contributed by atoms with van der Waals surface area (Å²) in [6, 6.07) is 3.74. The molecule has 0 aliphatic carbocycles. The fraction of sp³-hybridized carbons (Fsp3) is 0.650. The van der Waals surface area contributed by atoms with Gasteiger partial charge in [-0.1, -0.05) is 20.3 Å². The van der Waals surface area contributed by atoms with E-state index in [1.165, 1.54) is 0 Å². The van der Waals surface area contributed by atoms with E-state index in [1.807, 2.05) is 6.07 Å². The maximum atomic E-state index is 14.1. The van der Waals surface area contributed by atoms with Crippen LogP contribution in [0.4, 0.5) is 4.39 Å². The molecule has 1 aromatic rings. The zero-order valence-electron chi connectivity index (χ0n) is 16.0. The minimum Gasteiger partial charge on any atom is -0.354 e. The van der Waals surface area contributed by atoms with E-state index in [1.54, 1.807) is 6.07 Å². The van der Waals surface area contributed by atoms with Gasteiger partial charge in [-0.05, 0) is 47.8 Å². The number of benzene rings is 1. The molecular formula is C20H30BrFN4. The van der Waals surface area contributed by atoms with Crippen molar-refractivity contribution in [2.45, 2.75) is 45.8 Å². The van der Waals surface area contributed by atoms with Gasteiger partial charge in [0.05, 0.1) is 15.9 Å². The molecule has 6 heteroatoms. The van der Waals surface area contributed by atoms with E-state index in [0.29, 0.717) is 16.4 Å². The number of halogens is 2. The van der Waals surface area contributed by atoms with Crippen LogP contribution >= 0.6 is 15.9 Å². The van der Waals surface area contributed by atoms with Gasteiger partial charge in [0.15, 0.2) is 0 Å². The third-order valence-corrected chi connectivity index (χ3v) is 5.97. The van der Waals surface area contributed by atoms with Crippen LogP contribution in [0, 0.1) is 11.7 Å². The molecule has 2 aliphatic rings. The Morgan fingerprint density at radius 3 is 2.92 bits per heavy atom. The van der Waals surface area contributed by atoms with Gasteiger partial charge in [-0.3, -0.25) is 9.89 Å². The van der Waals surface area contributed by atoms with E-state index in [4.69, 9.17) is 4.99 Å². The van der Waals surface area contributed by atoms with Crippen LogP contribution in [0.15, 0.2) is 21.6 Å². The Bertz CT molecular complexity index is 738. The molecule has 4 nitrogen and oxygen atoms in total. The second kappa shape index (κ2) is 8.81. The standard InChI is InChI=1S/C20H30BrFN4/c1-4-6-19(26-8-7-23-11-14(3)12-26)20-24-18-10-17(22)16(21)9-15(18)13-25(20)5-2/h9-10,13-14,19-20,23H,4-8,11-12H2,1-3H3/t14-,19-,20?/m0/s1. The minimum atomic E-state index is -0.246. The summed E-state index contributed by atoms with van der Waals surface area (Å²) in [4.78, 5) is 9.93. The number of nitrogens with zero attached hydrogens (tertiary/aromatic N) is 3. The second-order valence-electron chi connectivity index (χ2n) is 7.49. The molecule has 26 heavy (non-hydrogen) atoms. The number of hydrogen-bond acceptors (Lipinski definition) is 4. The molecular weight excluding hydrogens is 395 g/mol. The Labute approximate surface area is 164 Å². The van der Waals surface area contributed by atoms with E-state index in [-0.39, 0.29) is 12.0 Å². The van der Waals surface area contributed by atoms with Gasteiger partial charge in [-0.25, -0.2) is 4.39 Å². The number of rotatable bonds is 5. The Balaban J connectivity index is 1.99. The summed E-state index contributed by atoms with van der Waals surface area (Å²) >= 11 is 3.29. The van der Waals surface area contributed by atoms with Gasteiger partial charge >= 0.3 is 0 Å². The molecule has 0 amide bonds. The highest BCUT2D eigenvalue weighted by Gasteiger charge is 2.32. The lowest BCUT2D eigenvalue weighted by atomic mass is 10.0. The van der Waals surface area contributed by atoms with Crippen molar-refractivity contribution in [3.8, 4) is 0 Å². The van der Waals surface area contributed by atoms with Crippen molar-refractivity contribution < 1.29 is 4.39 Å². The Morgan fingerprint density at radius 2 is 2.19 bits per heavy atom. The predicted octanol–water partition coefficient (Wildman–Crippen LogP) is 2.32. The summed E-state index contributed by atoms with van der Waals surface area (Å²) in [5, 5.41) is 5.28. The van der Waals surface area contributed by atoms with Gasteiger partial charge in [0.25, 0.3) is 0 Å². The molecule has 1 aromatic carbocycles. The first-order chi connectivity index (χ1) is 12.5. The van der Waals surface area contributed by atoms with E-state index < -0.39 is 0 Å². The molecule has 0 aromatic heterocycles. The highest BCUT2D eigenvalue weighted by atomic mass is 79.9. The minimum absolute atomic E-state index is 0.0401. The van der Waals surface area contributed by atoms with Gasteiger partial charge in [-0.15, -0.1) is 0 Å². The van der Waals surface area contributed by atoms with Crippen LogP contribution in [0.5, 0.6) is 0 Å². The molecule has 0 spiro atoms. The van der Waals surface area contributed by atoms with Gasteiger partial charge in [0.1, 0.15) is 12.0 Å². The van der Waals surface area contributed by atoms with E-state index in [0.717, 1.165) is 56.1 Å². The van der Waals surface area contributed by atoms with E-state index in [9.17, 15) is 4.39 Å². The second-order valence-corrected chi connectivity index (χ2v) is 8.34. The van der Waals surface area contributed by atoms with Crippen molar-refractivity contribution in [2.75, 3.05) is 32.7 Å². The maximum Gasteiger partial charge on any atom is 0.139 e. The molecule has 2 heterocycles. The van der Waals surface area contributed by atoms with Gasteiger partial charge in [0.2, 0.25) is 0 Å². The maximum absolute atomic E-state index is 14.1. The average molecular weight is 425 g/mol. The van der Waals surface area contributed by atoms with Crippen LogP contribution in [0.25, 0.3) is 6.20 Å². The van der Waals surface area contributed by atoms with Gasteiger partial charge in [0, 0.05) is 43.7 Å². The monoisotopic (exact) mass is 424 g/mol.